The lowest BCUT2D eigenvalue weighted by Gasteiger charge is -2.65. The fraction of sp³-hybridized carbons (Fsp3) is 0.680. The van der Waals surface area contributed by atoms with E-state index < -0.39 is 11.0 Å². The van der Waals surface area contributed by atoms with Crippen molar-refractivity contribution < 1.29 is 14.6 Å². The molecule has 2 aliphatic carbocycles. The lowest BCUT2D eigenvalue weighted by molar-refractivity contribution is -0.189. The van der Waals surface area contributed by atoms with Crippen LogP contribution in [0.5, 0.6) is 11.5 Å². The van der Waals surface area contributed by atoms with Crippen molar-refractivity contribution in [2.45, 2.75) is 102 Å². The number of ether oxygens (including phenoxy) is 2. The van der Waals surface area contributed by atoms with Gasteiger partial charge in [-0.25, -0.2) is 0 Å². The predicted molar refractivity (Wildman–Crippen MR) is 115 cm³/mol. The summed E-state index contributed by atoms with van der Waals surface area (Å²) in [5, 5.41) is 12.4. The van der Waals surface area contributed by atoms with E-state index in [0.29, 0.717) is 0 Å². The number of rotatable bonds is 1. The molecule has 5 rings (SSSR count). The zero-order valence-electron chi connectivity index (χ0n) is 18.8. The molecular formula is C25H35NO3. The average Bonchev–Trinajstić information content (AvgIpc) is 2.92. The number of aliphatic hydroxyl groups is 1. The Labute approximate surface area is 174 Å². The second-order valence-corrected chi connectivity index (χ2v) is 11.5. The summed E-state index contributed by atoms with van der Waals surface area (Å²) in [6, 6.07) is 4.38. The van der Waals surface area contributed by atoms with Crippen LogP contribution in [0.4, 0.5) is 0 Å². The van der Waals surface area contributed by atoms with E-state index in [9.17, 15) is 5.11 Å². The van der Waals surface area contributed by atoms with Crippen LogP contribution in [-0.4, -0.2) is 45.4 Å². The van der Waals surface area contributed by atoms with Gasteiger partial charge in [0, 0.05) is 23.7 Å². The maximum atomic E-state index is 12.4. The molecule has 2 heterocycles. The minimum absolute atomic E-state index is 0.0149. The Balaban J connectivity index is 1.74. The van der Waals surface area contributed by atoms with Gasteiger partial charge in [-0.15, -0.1) is 0 Å². The monoisotopic (exact) mass is 397 g/mol. The van der Waals surface area contributed by atoms with Gasteiger partial charge in [-0.1, -0.05) is 12.6 Å². The molecule has 29 heavy (non-hydrogen) atoms. The van der Waals surface area contributed by atoms with Gasteiger partial charge in [-0.2, -0.15) is 0 Å². The summed E-state index contributed by atoms with van der Waals surface area (Å²) in [4.78, 5) is 2.53. The highest BCUT2D eigenvalue weighted by atomic mass is 16.5. The van der Waals surface area contributed by atoms with Crippen molar-refractivity contribution in [3.63, 3.8) is 0 Å². The van der Waals surface area contributed by atoms with Crippen LogP contribution in [0.15, 0.2) is 24.3 Å². The van der Waals surface area contributed by atoms with Crippen LogP contribution in [-0.2, 0) is 11.8 Å². The normalized spacial score (nSPS) is 35.9. The molecule has 1 spiro atoms. The Morgan fingerprint density at radius 1 is 1.17 bits per heavy atom. The van der Waals surface area contributed by atoms with E-state index in [2.05, 4.69) is 65.2 Å². The fourth-order valence-electron chi connectivity index (χ4n) is 6.66. The Bertz CT molecular complexity index is 893. The summed E-state index contributed by atoms with van der Waals surface area (Å²) in [5.41, 5.74) is 2.13. The van der Waals surface area contributed by atoms with E-state index in [1.165, 1.54) is 11.1 Å². The molecule has 4 atom stereocenters. The highest BCUT2D eigenvalue weighted by molar-refractivity contribution is 5.64. The Morgan fingerprint density at radius 3 is 2.55 bits per heavy atom. The van der Waals surface area contributed by atoms with Crippen LogP contribution < -0.4 is 9.47 Å². The third kappa shape index (κ3) is 2.39. The zero-order valence-corrected chi connectivity index (χ0v) is 18.8. The van der Waals surface area contributed by atoms with Crippen molar-refractivity contribution >= 4 is 0 Å². The number of hydrogen-bond acceptors (Lipinski definition) is 4. The molecule has 2 aliphatic heterocycles. The van der Waals surface area contributed by atoms with Crippen LogP contribution in [0.2, 0.25) is 0 Å². The van der Waals surface area contributed by atoms with Crippen molar-refractivity contribution in [2.75, 3.05) is 6.54 Å². The van der Waals surface area contributed by atoms with Crippen LogP contribution in [0.25, 0.3) is 0 Å². The van der Waals surface area contributed by atoms with Crippen LogP contribution in [0.1, 0.15) is 71.9 Å². The summed E-state index contributed by atoms with van der Waals surface area (Å²) >= 11 is 0. The molecule has 1 saturated carbocycles. The van der Waals surface area contributed by atoms with Gasteiger partial charge >= 0.3 is 0 Å². The van der Waals surface area contributed by atoms with Crippen LogP contribution in [0, 0.1) is 0 Å². The van der Waals surface area contributed by atoms with Gasteiger partial charge in [-0.3, -0.25) is 4.90 Å². The number of piperidine rings is 1. The molecule has 1 unspecified atom stereocenters. The molecule has 4 aliphatic rings. The molecule has 158 valence electrons. The van der Waals surface area contributed by atoms with E-state index in [1.54, 1.807) is 0 Å². The van der Waals surface area contributed by atoms with Crippen LogP contribution >= 0.6 is 0 Å². The molecule has 2 bridgehead atoms. The molecular weight excluding hydrogens is 362 g/mol. The first-order chi connectivity index (χ1) is 13.4. The van der Waals surface area contributed by atoms with Crippen molar-refractivity contribution in [2.24, 2.45) is 0 Å². The first kappa shape index (κ1) is 19.4. The molecule has 1 aromatic rings. The van der Waals surface area contributed by atoms with Gasteiger partial charge in [0.2, 0.25) is 0 Å². The molecule has 0 amide bonds. The van der Waals surface area contributed by atoms with Crippen molar-refractivity contribution in [3.05, 3.63) is 35.4 Å². The summed E-state index contributed by atoms with van der Waals surface area (Å²) < 4.78 is 12.9. The minimum atomic E-state index is -0.803. The topological polar surface area (TPSA) is 41.9 Å². The molecule has 1 N–H and O–H groups in total. The van der Waals surface area contributed by atoms with Gasteiger partial charge in [0.1, 0.15) is 11.7 Å². The molecule has 4 nitrogen and oxygen atoms in total. The first-order valence-corrected chi connectivity index (χ1v) is 11.1. The van der Waals surface area contributed by atoms with E-state index in [-0.39, 0.29) is 23.3 Å². The quantitative estimate of drug-likeness (QED) is 0.715. The summed E-state index contributed by atoms with van der Waals surface area (Å²) in [5.74, 6) is 1.65. The summed E-state index contributed by atoms with van der Waals surface area (Å²) in [6.07, 6.45) is 3.16. The van der Waals surface area contributed by atoms with E-state index in [1.807, 2.05) is 0 Å². The largest absolute Gasteiger partial charge is 0.484 e. The highest BCUT2D eigenvalue weighted by Crippen LogP contribution is 2.66. The molecule has 1 saturated heterocycles. The smallest absolute Gasteiger partial charge is 0.166 e. The third-order valence-electron chi connectivity index (χ3n) is 7.67. The number of hydrogen-bond donors (Lipinski definition) is 1. The van der Waals surface area contributed by atoms with E-state index >= 15 is 0 Å². The average molecular weight is 398 g/mol. The SMILES string of the molecule is C=C1CC[C@@]2(O)C3Cc4ccc(OC(C)(C)C)c5c4[C@@]2(CCN3C(C)(C)C)[C@H]1O5. The summed E-state index contributed by atoms with van der Waals surface area (Å²) in [6.45, 7) is 18.3. The molecule has 0 aromatic heterocycles. The lowest BCUT2D eigenvalue weighted by Crippen LogP contribution is -2.77. The van der Waals surface area contributed by atoms with Gasteiger partial charge in [-0.05, 0) is 84.4 Å². The number of benzene rings is 1. The molecule has 0 radical (unpaired) electrons. The van der Waals surface area contributed by atoms with E-state index in [4.69, 9.17) is 9.47 Å². The fourth-order valence-corrected chi connectivity index (χ4v) is 6.66. The second kappa shape index (κ2) is 5.59. The van der Waals surface area contributed by atoms with Gasteiger partial charge in [0.15, 0.2) is 11.5 Å². The maximum absolute atomic E-state index is 12.4. The second-order valence-electron chi connectivity index (χ2n) is 11.5. The van der Waals surface area contributed by atoms with Gasteiger partial charge < -0.3 is 14.6 Å². The number of likely N-dealkylation sites (tertiary alicyclic amines) is 1. The Kier molecular flexibility index (Phi) is 3.74. The first-order valence-electron chi connectivity index (χ1n) is 11.1. The Morgan fingerprint density at radius 2 is 1.90 bits per heavy atom. The van der Waals surface area contributed by atoms with Crippen molar-refractivity contribution in [1.29, 1.82) is 0 Å². The van der Waals surface area contributed by atoms with Crippen LogP contribution in [0.3, 0.4) is 0 Å². The zero-order chi connectivity index (χ0) is 21.0. The van der Waals surface area contributed by atoms with Crippen molar-refractivity contribution in [3.8, 4) is 11.5 Å². The Hall–Kier alpha value is -1.52. The summed E-state index contributed by atoms with van der Waals surface area (Å²) in [7, 11) is 0. The minimum Gasteiger partial charge on any atom is -0.484 e. The van der Waals surface area contributed by atoms with E-state index in [0.717, 1.165) is 49.3 Å². The predicted octanol–water partition coefficient (Wildman–Crippen LogP) is 4.37. The third-order valence-corrected chi connectivity index (χ3v) is 7.67. The van der Waals surface area contributed by atoms with Gasteiger partial charge in [0.05, 0.1) is 11.0 Å². The highest BCUT2D eigenvalue weighted by Gasteiger charge is 2.72. The lowest BCUT2D eigenvalue weighted by atomic mass is 9.48. The molecule has 1 aromatic carbocycles. The van der Waals surface area contributed by atoms with Gasteiger partial charge in [0.25, 0.3) is 0 Å². The number of nitrogens with zero attached hydrogens (tertiary/aromatic N) is 1. The molecule has 2 fully saturated rings. The molecule has 4 heteroatoms. The maximum Gasteiger partial charge on any atom is 0.166 e. The standard InChI is InChI=1S/C25H35NO3/c1-15-10-11-25(27)18-14-16-8-9-17(29-23(5,6)7)20-19(16)24(25,21(15)28-20)12-13-26(18)22(2,3)4/h8-9,18,21,27H,1,10-14H2,2-7H3/t18?,21-,24-,25+/m0/s1. The van der Waals surface area contributed by atoms with Crippen molar-refractivity contribution in [1.82, 2.24) is 4.90 Å².